The first-order chi connectivity index (χ1) is 13.6. The number of nitrogens with one attached hydrogen (secondary N) is 1. The maximum absolute atomic E-state index is 5.66. The Morgan fingerprint density at radius 1 is 1.18 bits per heavy atom. The average Bonchev–Trinajstić information content (AvgIpc) is 3.07. The van der Waals surface area contributed by atoms with E-state index in [2.05, 4.69) is 71.5 Å². The molecule has 1 saturated heterocycles. The van der Waals surface area contributed by atoms with Gasteiger partial charge in [-0.1, -0.05) is 42.5 Å². The first-order valence-electron chi connectivity index (χ1n) is 9.46. The zero-order chi connectivity index (χ0) is 19.8. The van der Waals surface area contributed by atoms with Crippen LogP contribution in [0.2, 0.25) is 0 Å². The van der Waals surface area contributed by atoms with Gasteiger partial charge in [-0.3, -0.25) is 0 Å². The molecule has 1 aromatic heterocycles. The predicted octanol–water partition coefficient (Wildman–Crippen LogP) is 2.82. The highest BCUT2D eigenvalue weighted by molar-refractivity contribution is 7.80. The molecule has 1 fully saturated rings. The SMILES string of the molecule is Cn1cnc(S)c1.NCCOc1cccc(C2(Cc3ccccc3)CNC2)c1. The minimum absolute atomic E-state index is 0.184. The predicted molar refractivity (Wildman–Crippen MR) is 116 cm³/mol. The van der Waals surface area contributed by atoms with Crippen LogP contribution in [0.5, 0.6) is 5.75 Å². The van der Waals surface area contributed by atoms with Crippen LogP contribution in [0, 0.1) is 0 Å². The molecule has 0 unspecified atom stereocenters. The number of nitrogens with zero attached hydrogens (tertiary/aromatic N) is 2. The van der Waals surface area contributed by atoms with Gasteiger partial charge in [0.25, 0.3) is 0 Å². The molecule has 0 aliphatic carbocycles. The molecule has 6 heteroatoms. The first kappa shape index (κ1) is 20.5. The van der Waals surface area contributed by atoms with Crippen molar-refractivity contribution in [2.45, 2.75) is 16.9 Å². The summed E-state index contributed by atoms with van der Waals surface area (Å²) in [5.74, 6) is 0.914. The largest absolute Gasteiger partial charge is 0.492 e. The molecule has 0 radical (unpaired) electrons. The zero-order valence-corrected chi connectivity index (χ0v) is 17.1. The molecule has 4 rings (SSSR count). The number of aryl methyl sites for hydroxylation is 1. The Balaban J connectivity index is 0.000000271. The third-order valence-electron chi connectivity index (χ3n) is 4.84. The van der Waals surface area contributed by atoms with Crippen molar-refractivity contribution in [3.05, 3.63) is 78.2 Å². The van der Waals surface area contributed by atoms with Crippen molar-refractivity contribution in [3.63, 3.8) is 0 Å². The van der Waals surface area contributed by atoms with Crippen LogP contribution in [0.15, 0.2) is 72.1 Å². The van der Waals surface area contributed by atoms with E-state index in [1.165, 1.54) is 11.1 Å². The lowest BCUT2D eigenvalue weighted by Crippen LogP contribution is -2.58. The van der Waals surface area contributed by atoms with E-state index in [4.69, 9.17) is 10.5 Å². The van der Waals surface area contributed by atoms with Gasteiger partial charge in [-0.2, -0.15) is 0 Å². The third kappa shape index (κ3) is 5.38. The molecule has 148 valence electrons. The highest BCUT2D eigenvalue weighted by Crippen LogP contribution is 2.34. The molecule has 0 spiro atoms. The summed E-state index contributed by atoms with van der Waals surface area (Å²) in [6.07, 6.45) is 4.60. The normalized spacial score (nSPS) is 14.5. The summed E-state index contributed by atoms with van der Waals surface area (Å²) < 4.78 is 7.51. The molecule has 0 saturated carbocycles. The molecule has 0 bridgehead atoms. The zero-order valence-electron chi connectivity index (χ0n) is 16.2. The van der Waals surface area contributed by atoms with E-state index in [1.54, 1.807) is 6.33 Å². The Bertz CT molecular complexity index is 845. The molecular formula is C22H28N4OS. The molecule has 1 aliphatic heterocycles. The number of benzene rings is 2. The van der Waals surface area contributed by atoms with Gasteiger partial charge in [0.05, 0.1) is 6.33 Å². The Kier molecular flexibility index (Phi) is 7.14. The lowest BCUT2D eigenvalue weighted by molar-refractivity contribution is 0.272. The molecule has 3 aromatic rings. The summed E-state index contributed by atoms with van der Waals surface area (Å²) in [4.78, 5) is 3.84. The van der Waals surface area contributed by atoms with Gasteiger partial charge in [-0.15, -0.1) is 12.6 Å². The number of hydrogen-bond donors (Lipinski definition) is 3. The number of hydrogen-bond acceptors (Lipinski definition) is 5. The minimum Gasteiger partial charge on any atom is -0.492 e. The molecule has 3 N–H and O–H groups in total. The van der Waals surface area contributed by atoms with E-state index < -0.39 is 0 Å². The lowest BCUT2D eigenvalue weighted by Gasteiger charge is -2.43. The molecule has 2 heterocycles. The molecule has 5 nitrogen and oxygen atoms in total. The van der Waals surface area contributed by atoms with Gasteiger partial charge in [-0.25, -0.2) is 4.98 Å². The summed E-state index contributed by atoms with van der Waals surface area (Å²) in [6, 6.07) is 19.1. The second-order valence-electron chi connectivity index (χ2n) is 7.11. The van der Waals surface area contributed by atoms with Gasteiger partial charge in [0.1, 0.15) is 17.4 Å². The summed E-state index contributed by atoms with van der Waals surface area (Å²) in [7, 11) is 1.91. The van der Waals surface area contributed by atoms with E-state index in [9.17, 15) is 0 Å². The number of thiol groups is 1. The van der Waals surface area contributed by atoms with Crippen LogP contribution in [0.1, 0.15) is 11.1 Å². The standard InChI is InChI=1S/C18H22N2O.C4H6N2S/c19-9-10-21-17-8-4-7-16(11-17)18(13-20-14-18)12-15-5-2-1-3-6-15;1-6-2-4(7)5-3-6/h1-8,11,20H,9-10,12-14,19H2;2-3,7H,1H3. The average molecular weight is 397 g/mol. The monoisotopic (exact) mass is 396 g/mol. The van der Waals surface area contributed by atoms with Crippen molar-refractivity contribution in [1.82, 2.24) is 14.9 Å². The van der Waals surface area contributed by atoms with E-state index in [0.717, 1.165) is 30.3 Å². The fourth-order valence-electron chi connectivity index (χ4n) is 3.34. The van der Waals surface area contributed by atoms with Crippen molar-refractivity contribution >= 4 is 12.6 Å². The van der Waals surface area contributed by atoms with Gasteiger partial charge in [-0.05, 0) is 29.7 Å². The number of aromatic nitrogens is 2. The van der Waals surface area contributed by atoms with Crippen molar-refractivity contribution in [2.75, 3.05) is 26.2 Å². The second kappa shape index (κ2) is 9.78. The van der Waals surface area contributed by atoms with Crippen molar-refractivity contribution in [3.8, 4) is 5.75 Å². The van der Waals surface area contributed by atoms with Gasteiger partial charge < -0.3 is 20.4 Å². The van der Waals surface area contributed by atoms with Crippen LogP contribution in [0.3, 0.4) is 0 Å². The maximum Gasteiger partial charge on any atom is 0.119 e. The Labute approximate surface area is 172 Å². The van der Waals surface area contributed by atoms with Gasteiger partial charge >= 0.3 is 0 Å². The number of rotatable bonds is 6. The molecule has 0 amide bonds. The number of nitrogens with two attached hydrogens (primary N) is 1. The number of imidazole rings is 1. The van der Waals surface area contributed by atoms with E-state index in [0.29, 0.717) is 13.2 Å². The van der Waals surface area contributed by atoms with Crippen LogP contribution < -0.4 is 15.8 Å². The van der Waals surface area contributed by atoms with E-state index in [1.807, 2.05) is 23.9 Å². The van der Waals surface area contributed by atoms with Crippen molar-refractivity contribution in [1.29, 1.82) is 0 Å². The molecule has 28 heavy (non-hydrogen) atoms. The first-order valence-corrected chi connectivity index (χ1v) is 9.91. The van der Waals surface area contributed by atoms with E-state index in [-0.39, 0.29) is 5.41 Å². The van der Waals surface area contributed by atoms with E-state index >= 15 is 0 Å². The van der Waals surface area contributed by atoms with Crippen molar-refractivity contribution < 1.29 is 4.74 Å². The van der Waals surface area contributed by atoms with Crippen LogP contribution in [0.4, 0.5) is 0 Å². The van der Waals surface area contributed by atoms with Gasteiger partial charge in [0.15, 0.2) is 0 Å². The Morgan fingerprint density at radius 3 is 2.50 bits per heavy atom. The summed E-state index contributed by atoms with van der Waals surface area (Å²) >= 11 is 3.97. The smallest absolute Gasteiger partial charge is 0.119 e. The quantitative estimate of drug-likeness (QED) is 0.561. The Hall–Kier alpha value is -2.28. The summed E-state index contributed by atoms with van der Waals surface area (Å²) in [5.41, 5.74) is 8.42. The van der Waals surface area contributed by atoms with Crippen molar-refractivity contribution in [2.24, 2.45) is 12.8 Å². The van der Waals surface area contributed by atoms with Gasteiger partial charge in [0.2, 0.25) is 0 Å². The molecule has 2 aromatic carbocycles. The highest BCUT2D eigenvalue weighted by Gasteiger charge is 2.38. The molecule has 0 atom stereocenters. The fourth-order valence-corrected chi connectivity index (χ4v) is 3.57. The number of ether oxygens (including phenoxy) is 1. The van der Waals surface area contributed by atoms with Gasteiger partial charge in [0, 0.05) is 38.3 Å². The minimum atomic E-state index is 0.184. The maximum atomic E-state index is 5.66. The lowest BCUT2D eigenvalue weighted by atomic mass is 9.71. The topological polar surface area (TPSA) is 65.1 Å². The van der Waals surface area contributed by atoms with Crippen LogP contribution in [0.25, 0.3) is 0 Å². The molecule has 1 aliphatic rings. The highest BCUT2D eigenvalue weighted by atomic mass is 32.1. The van der Waals surface area contributed by atoms with Crippen LogP contribution in [-0.4, -0.2) is 35.8 Å². The summed E-state index contributed by atoms with van der Waals surface area (Å²) in [5, 5.41) is 4.19. The molecular weight excluding hydrogens is 368 g/mol. The van der Waals surface area contributed by atoms with Crippen LogP contribution in [-0.2, 0) is 18.9 Å². The Morgan fingerprint density at radius 2 is 1.96 bits per heavy atom. The summed E-state index contributed by atoms with van der Waals surface area (Å²) in [6.45, 7) is 3.14. The fraction of sp³-hybridized carbons (Fsp3) is 0.318. The second-order valence-corrected chi connectivity index (χ2v) is 7.57. The third-order valence-corrected chi connectivity index (χ3v) is 5.07. The van der Waals surface area contributed by atoms with Crippen LogP contribution >= 0.6 is 12.6 Å².